The fraction of sp³-hybridized carbons (Fsp3) is 0.200. The minimum atomic E-state index is 0.0773. The molecule has 1 N–H and O–H groups in total. The van der Waals surface area contributed by atoms with E-state index in [1.54, 1.807) is 24.9 Å². The van der Waals surface area contributed by atoms with Gasteiger partial charge in [-0.25, -0.2) is 0 Å². The molecular weight excluding hydrogens is 264 g/mol. The number of aromatic nitrogens is 5. The van der Waals surface area contributed by atoms with Crippen LogP contribution in [0.5, 0.6) is 0 Å². The van der Waals surface area contributed by atoms with E-state index in [9.17, 15) is 0 Å². The number of hydrogen-bond donors (Lipinski definition) is 1. The van der Waals surface area contributed by atoms with Crippen LogP contribution in [0.2, 0.25) is 0 Å². The number of hydrogen-bond acceptors (Lipinski definition) is 5. The van der Waals surface area contributed by atoms with Crippen LogP contribution in [-0.2, 0) is 7.05 Å². The molecule has 1 unspecified atom stereocenters. The molecule has 2 heterocycles. The third kappa shape index (κ3) is 2.89. The van der Waals surface area contributed by atoms with Crippen LogP contribution in [0, 0.1) is 0 Å². The van der Waals surface area contributed by atoms with Crippen molar-refractivity contribution in [2.75, 3.05) is 5.32 Å². The molecule has 0 saturated carbocycles. The molecule has 21 heavy (non-hydrogen) atoms. The van der Waals surface area contributed by atoms with Gasteiger partial charge in [-0.15, -0.1) is 10.2 Å². The lowest BCUT2D eigenvalue weighted by Gasteiger charge is -2.15. The Kier molecular flexibility index (Phi) is 3.59. The second kappa shape index (κ2) is 5.70. The van der Waals surface area contributed by atoms with Gasteiger partial charge in [-0.2, -0.15) is 0 Å². The van der Waals surface area contributed by atoms with Crippen molar-refractivity contribution < 1.29 is 0 Å². The molecule has 1 aromatic carbocycles. The molecule has 0 aliphatic carbocycles. The van der Waals surface area contributed by atoms with Gasteiger partial charge in [0.05, 0.1) is 17.9 Å². The number of aryl methyl sites for hydroxylation is 1. The lowest BCUT2D eigenvalue weighted by atomic mass is 10.1. The first-order valence-corrected chi connectivity index (χ1v) is 6.71. The topological polar surface area (TPSA) is 68.5 Å². The summed E-state index contributed by atoms with van der Waals surface area (Å²) in [6.45, 7) is 2.05. The minimum absolute atomic E-state index is 0.0773. The van der Waals surface area contributed by atoms with E-state index in [2.05, 4.69) is 38.5 Å². The van der Waals surface area contributed by atoms with Crippen molar-refractivity contribution in [2.24, 2.45) is 7.05 Å². The SMILES string of the molecule is CC(Nc1cccc(-c2nncn2C)c1)c1cnccn1. The number of anilines is 1. The molecule has 0 aliphatic rings. The molecule has 3 aromatic rings. The standard InChI is InChI=1S/C15H16N6/c1-11(14-9-16-6-7-17-14)19-13-5-3-4-12(8-13)15-20-18-10-21(15)2/h3-11,19H,1-2H3. The van der Waals surface area contributed by atoms with E-state index in [0.29, 0.717) is 0 Å². The largest absolute Gasteiger partial charge is 0.377 e. The number of nitrogens with zero attached hydrogens (tertiary/aromatic N) is 5. The van der Waals surface area contributed by atoms with E-state index in [4.69, 9.17) is 0 Å². The van der Waals surface area contributed by atoms with Crippen molar-refractivity contribution in [3.8, 4) is 11.4 Å². The van der Waals surface area contributed by atoms with Crippen LogP contribution >= 0.6 is 0 Å². The Balaban J connectivity index is 1.82. The number of rotatable bonds is 4. The van der Waals surface area contributed by atoms with Gasteiger partial charge < -0.3 is 9.88 Å². The lowest BCUT2D eigenvalue weighted by molar-refractivity contribution is 0.827. The molecular formula is C15H16N6. The summed E-state index contributed by atoms with van der Waals surface area (Å²) in [5.74, 6) is 0.839. The molecule has 106 valence electrons. The van der Waals surface area contributed by atoms with Gasteiger partial charge in [-0.1, -0.05) is 12.1 Å². The lowest BCUT2D eigenvalue weighted by Crippen LogP contribution is -2.08. The minimum Gasteiger partial charge on any atom is -0.377 e. The molecule has 6 nitrogen and oxygen atoms in total. The summed E-state index contributed by atoms with van der Waals surface area (Å²) in [5.41, 5.74) is 2.93. The van der Waals surface area contributed by atoms with E-state index < -0.39 is 0 Å². The van der Waals surface area contributed by atoms with Crippen LogP contribution < -0.4 is 5.32 Å². The normalized spacial score (nSPS) is 12.1. The maximum Gasteiger partial charge on any atom is 0.163 e. The van der Waals surface area contributed by atoms with Crippen molar-refractivity contribution in [3.05, 3.63) is 54.9 Å². The zero-order chi connectivity index (χ0) is 14.7. The fourth-order valence-corrected chi connectivity index (χ4v) is 2.15. The van der Waals surface area contributed by atoms with Crippen molar-refractivity contribution in [3.63, 3.8) is 0 Å². The van der Waals surface area contributed by atoms with Crippen LogP contribution in [0.1, 0.15) is 18.7 Å². The van der Waals surface area contributed by atoms with Crippen LogP contribution in [0.3, 0.4) is 0 Å². The third-order valence-electron chi connectivity index (χ3n) is 3.24. The molecule has 0 radical (unpaired) electrons. The van der Waals surface area contributed by atoms with Gasteiger partial charge in [0.2, 0.25) is 0 Å². The first-order valence-electron chi connectivity index (χ1n) is 6.71. The second-order valence-corrected chi connectivity index (χ2v) is 4.84. The van der Waals surface area contributed by atoms with Crippen LogP contribution in [0.15, 0.2) is 49.2 Å². The Morgan fingerprint density at radius 3 is 2.86 bits per heavy atom. The first-order chi connectivity index (χ1) is 10.2. The first kappa shape index (κ1) is 13.2. The van der Waals surface area contributed by atoms with E-state index in [0.717, 1.165) is 22.8 Å². The average molecular weight is 280 g/mol. The van der Waals surface area contributed by atoms with E-state index in [-0.39, 0.29) is 6.04 Å². The number of benzene rings is 1. The van der Waals surface area contributed by atoms with Gasteiger partial charge in [0.25, 0.3) is 0 Å². The smallest absolute Gasteiger partial charge is 0.163 e. The number of nitrogens with one attached hydrogen (secondary N) is 1. The fourth-order valence-electron chi connectivity index (χ4n) is 2.15. The molecule has 6 heteroatoms. The Bertz CT molecular complexity index is 722. The summed E-state index contributed by atoms with van der Waals surface area (Å²) in [7, 11) is 1.93. The molecule has 0 amide bonds. The Hall–Kier alpha value is -2.76. The maximum atomic E-state index is 4.31. The Morgan fingerprint density at radius 1 is 1.24 bits per heavy atom. The summed E-state index contributed by atoms with van der Waals surface area (Å²) in [5, 5.41) is 11.5. The van der Waals surface area contributed by atoms with Crippen LogP contribution in [0.4, 0.5) is 5.69 Å². The highest BCUT2D eigenvalue weighted by atomic mass is 15.2. The third-order valence-corrected chi connectivity index (χ3v) is 3.24. The van der Waals surface area contributed by atoms with E-state index in [1.165, 1.54) is 0 Å². The zero-order valence-electron chi connectivity index (χ0n) is 11.9. The van der Waals surface area contributed by atoms with Gasteiger partial charge in [-0.05, 0) is 19.1 Å². The predicted octanol–water partition coefficient (Wildman–Crippen LogP) is 2.45. The summed E-state index contributed by atoms with van der Waals surface area (Å²) in [6.07, 6.45) is 6.83. The Morgan fingerprint density at radius 2 is 2.14 bits per heavy atom. The van der Waals surface area contributed by atoms with Crippen LogP contribution in [0.25, 0.3) is 11.4 Å². The molecule has 0 aliphatic heterocycles. The summed E-state index contributed by atoms with van der Waals surface area (Å²) in [6, 6.07) is 8.16. The highest BCUT2D eigenvalue weighted by molar-refractivity contribution is 5.62. The van der Waals surface area contributed by atoms with Crippen molar-refractivity contribution in [1.29, 1.82) is 0 Å². The Labute approximate surface area is 122 Å². The molecule has 0 bridgehead atoms. The molecule has 3 rings (SSSR count). The monoisotopic (exact) mass is 280 g/mol. The molecule has 2 aromatic heterocycles. The zero-order valence-corrected chi connectivity index (χ0v) is 11.9. The summed E-state index contributed by atoms with van der Waals surface area (Å²) < 4.78 is 1.89. The summed E-state index contributed by atoms with van der Waals surface area (Å²) >= 11 is 0. The second-order valence-electron chi connectivity index (χ2n) is 4.84. The molecule has 0 spiro atoms. The van der Waals surface area contributed by atoms with Gasteiger partial charge in [0.1, 0.15) is 6.33 Å². The van der Waals surface area contributed by atoms with Gasteiger partial charge in [0, 0.05) is 30.7 Å². The highest BCUT2D eigenvalue weighted by Gasteiger charge is 2.09. The van der Waals surface area contributed by atoms with E-state index >= 15 is 0 Å². The quantitative estimate of drug-likeness (QED) is 0.795. The highest BCUT2D eigenvalue weighted by Crippen LogP contribution is 2.23. The maximum absolute atomic E-state index is 4.31. The van der Waals surface area contributed by atoms with E-state index in [1.807, 2.05) is 29.8 Å². The molecule has 0 saturated heterocycles. The van der Waals surface area contributed by atoms with Gasteiger partial charge in [-0.3, -0.25) is 9.97 Å². The van der Waals surface area contributed by atoms with Crippen LogP contribution in [-0.4, -0.2) is 24.7 Å². The van der Waals surface area contributed by atoms with Crippen molar-refractivity contribution in [2.45, 2.75) is 13.0 Å². The van der Waals surface area contributed by atoms with Gasteiger partial charge >= 0.3 is 0 Å². The van der Waals surface area contributed by atoms with Crippen molar-refractivity contribution in [1.82, 2.24) is 24.7 Å². The predicted molar refractivity (Wildman–Crippen MR) is 80.5 cm³/mol. The van der Waals surface area contributed by atoms with Crippen molar-refractivity contribution >= 4 is 5.69 Å². The average Bonchev–Trinajstić information content (AvgIpc) is 2.94. The van der Waals surface area contributed by atoms with Gasteiger partial charge in [0.15, 0.2) is 5.82 Å². The summed E-state index contributed by atoms with van der Waals surface area (Å²) in [4.78, 5) is 8.40. The molecule has 0 fully saturated rings. The molecule has 1 atom stereocenters.